The molecule has 0 aliphatic carbocycles. The average molecular weight is 403 g/mol. The number of aromatic amines is 1. The number of hydrogen-bond acceptors (Lipinski definition) is 4. The molecule has 138 valence electrons. The summed E-state index contributed by atoms with van der Waals surface area (Å²) in [5, 5.41) is 11.6. The first-order valence-electron chi connectivity index (χ1n) is 8.14. The molecule has 0 saturated carbocycles. The normalized spacial score (nSPS) is 10.9. The number of ether oxygens (including phenoxy) is 1. The van der Waals surface area contributed by atoms with E-state index in [1.165, 1.54) is 0 Å². The van der Waals surface area contributed by atoms with Gasteiger partial charge in [0.25, 0.3) is 5.91 Å². The molecular formula is C19H16Cl2N4O2. The molecule has 0 unspecified atom stereocenters. The summed E-state index contributed by atoms with van der Waals surface area (Å²) in [5.74, 6) is 0.377. The van der Waals surface area contributed by atoms with Crippen LogP contribution < -0.4 is 10.2 Å². The third kappa shape index (κ3) is 4.87. The number of hydrogen-bond donors (Lipinski definition) is 2. The average Bonchev–Trinajstić information content (AvgIpc) is 3.16. The molecule has 0 saturated heterocycles. The lowest BCUT2D eigenvalue weighted by Gasteiger charge is -2.02. The molecule has 6 nitrogen and oxygen atoms in total. The molecule has 8 heteroatoms. The second kappa shape index (κ2) is 8.70. The molecule has 1 heterocycles. The molecule has 27 heavy (non-hydrogen) atoms. The Morgan fingerprint density at radius 3 is 2.67 bits per heavy atom. The predicted octanol–water partition coefficient (Wildman–Crippen LogP) is 4.55. The van der Waals surface area contributed by atoms with Gasteiger partial charge in [-0.25, -0.2) is 5.43 Å². The number of rotatable bonds is 6. The quantitative estimate of drug-likeness (QED) is 0.468. The number of H-pyrrole nitrogens is 1. The Kier molecular flexibility index (Phi) is 6.11. The molecule has 2 N–H and O–H groups in total. The van der Waals surface area contributed by atoms with Gasteiger partial charge in [0.05, 0.1) is 28.6 Å². The molecule has 0 aliphatic heterocycles. The van der Waals surface area contributed by atoms with Crippen molar-refractivity contribution < 1.29 is 9.53 Å². The van der Waals surface area contributed by atoms with Gasteiger partial charge in [-0.2, -0.15) is 10.2 Å². The SMILES string of the molecule is CCOc1ccc(/C=N\NC(=O)c2cc(-c3ccc(Cl)c(Cl)c3)n[nH]2)cc1. The van der Waals surface area contributed by atoms with Crippen LogP contribution in [0.5, 0.6) is 5.75 Å². The van der Waals surface area contributed by atoms with Crippen molar-refractivity contribution in [2.45, 2.75) is 6.92 Å². The van der Waals surface area contributed by atoms with E-state index in [4.69, 9.17) is 27.9 Å². The Labute approximate surface area is 166 Å². The van der Waals surface area contributed by atoms with Crippen molar-refractivity contribution in [2.24, 2.45) is 5.10 Å². The summed E-state index contributed by atoms with van der Waals surface area (Å²) in [6, 6.07) is 14.1. The van der Waals surface area contributed by atoms with Crippen molar-refractivity contribution in [1.82, 2.24) is 15.6 Å². The van der Waals surface area contributed by atoms with Crippen LogP contribution in [0.1, 0.15) is 23.0 Å². The molecule has 0 spiro atoms. The minimum Gasteiger partial charge on any atom is -0.494 e. The fourth-order valence-electron chi connectivity index (χ4n) is 2.28. The van der Waals surface area contributed by atoms with Crippen LogP contribution in [0.15, 0.2) is 53.6 Å². The molecule has 2 aromatic carbocycles. The van der Waals surface area contributed by atoms with E-state index in [1.54, 1.807) is 30.5 Å². The molecule has 1 amide bonds. The van der Waals surface area contributed by atoms with Crippen LogP contribution in [0.25, 0.3) is 11.3 Å². The van der Waals surface area contributed by atoms with E-state index in [0.717, 1.165) is 16.9 Å². The van der Waals surface area contributed by atoms with Gasteiger partial charge in [-0.05, 0) is 55.0 Å². The largest absolute Gasteiger partial charge is 0.494 e. The minimum absolute atomic E-state index is 0.278. The first-order chi connectivity index (χ1) is 13.1. The molecule has 0 radical (unpaired) electrons. The number of carbonyl (C=O) groups is 1. The van der Waals surface area contributed by atoms with Crippen molar-refractivity contribution in [3.8, 4) is 17.0 Å². The number of carbonyl (C=O) groups excluding carboxylic acids is 1. The van der Waals surface area contributed by atoms with Gasteiger partial charge < -0.3 is 4.74 Å². The lowest BCUT2D eigenvalue weighted by atomic mass is 10.1. The number of hydrazone groups is 1. The first kappa shape index (κ1) is 18.9. The maximum Gasteiger partial charge on any atom is 0.289 e. The fourth-order valence-corrected chi connectivity index (χ4v) is 2.58. The summed E-state index contributed by atoms with van der Waals surface area (Å²) in [6.07, 6.45) is 1.55. The highest BCUT2D eigenvalue weighted by molar-refractivity contribution is 6.42. The molecule has 0 fully saturated rings. The van der Waals surface area contributed by atoms with Crippen LogP contribution in [0.3, 0.4) is 0 Å². The number of halogens is 2. The maximum atomic E-state index is 12.2. The van der Waals surface area contributed by atoms with Crippen molar-refractivity contribution in [1.29, 1.82) is 0 Å². The van der Waals surface area contributed by atoms with Gasteiger partial charge >= 0.3 is 0 Å². The van der Waals surface area contributed by atoms with Crippen molar-refractivity contribution in [2.75, 3.05) is 6.61 Å². The van der Waals surface area contributed by atoms with Gasteiger partial charge in [-0.1, -0.05) is 29.3 Å². The van der Waals surface area contributed by atoms with Crippen LogP contribution >= 0.6 is 23.2 Å². The smallest absolute Gasteiger partial charge is 0.289 e. The molecule has 0 bridgehead atoms. The summed E-state index contributed by atoms with van der Waals surface area (Å²) in [7, 11) is 0. The molecule has 3 aromatic rings. The zero-order valence-corrected chi connectivity index (χ0v) is 15.9. The van der Waals surface area contributed by atoms with E-state index >= 15 is 0 Å². The third-order valence-corrected chi connectivity index (χ3v) is 4.35. The van der Waals surface area contributed by atoms with Crippen molar-refractivity contribution in [3.63, 3.8) is 0 Å². The van der Waals surface area contributed by atoms with E-state index in [2.05, 4.69) is 20.7 Å². The standard InChI is InChI=1S/C19H16Cl2N4O2/c1-2-27-14-6-3-12(4-7-14)11-22-25-19(26)18-10-17(23-24-18)13-5-8-15(20)16(21)9-13/h3-11H,2H2,1H3,(H,23,24)(H,25,26)/b22-11-. The summed E-state index contributed by atoms with van der Waals surface area (Å²) in [6.45, 7) is 2.53. The monoisotopic (exact) mass is 402 g/mol. The van der Waals surface area contributed by atoms with E-state index in [0.29, 0.717) is 22.3 Å². The van der Waals surface area contributed by atoms with E-state index in [1.807, 2.05) is 31.2 Å². The third-order valence-electron chi connectivity index (χ3n) is 3.61. The zero-order chi connectivity index (χ0) is 19.2. The van der Waals surface area contributed by atoms with Crippen molar-refractivity contribution in [3.05, 3.63) is 69.8 Å². The lowest BCUT2D eigenvalue weighted by molar-refractivity contribution is 0.0950. The number of nitrogens with zero attached hydrogens (tertiary/aromatic N) is 2. The second-order valence-corrected chi connectivity index (χ2v) is 6.31. The lowest BCUT2D eigenvalue weighted by Crippen LogP contribution is -2.17. The number of benzene rings is 2. The van der Waals surface area contributed by atoms with Gasteiger partial charge in [0, 0.05) is 5.56 Å². The fraction of sp³-hybridized carbons (Fsp3) is 0.105. The molecule has 0 atom stereocenters. The number of amides is 1. The van der Waals surface area contributed by atoms with Crippen LogP contribution in [-0.4, -0.2) is 28.9 Å². The molecule has 1 aromatic heterocycles. The molecular weight excluding hydrogens is 387 g/mol. The van der Waals surface area contributed by atoms with Crippen LogP contribution in [0.2, 0.25) is 10.0 Å². The van der Waals surface area contributed by atoms with Gasteiger partial charge in [0.1, 0.15) is 11.4 Å². The van der Waals surface area contributed by atoms with Gasteiger partial charge in [0.15, 0.2) is 0 Å². The Morgan fingerprint density at radius 2 is 1.96 bits per heavy atom. The minimum atomic E-state index is -0.406. The van der Waals surface area contributed by atoms with Crippen LogP contribution in [0, 0.1) is 0 Å². The highest BCUT2D eigenvalue weighted by Crippen LogP contribution is 2.27. The van der Waals surface area contributed by atoms with Gasteiger partial charge in [0.2, 0.25) is 0 Å². The predicted molar refractivity (Wildman–Crippen MR) is 107 cm³/mol. The second-order valence-electron chi connectivity index (χ2n) is 5.50. The molecule has 0 aliphatic rings. The first-order valence-corrected chi connectivity index (χ1v) is 8.89. The summed E-state index contributed by atoms with van der Waals surface area (Å²) in [5.41, 5.74) is 4.89. The summed E-state index contributed by atoms with van der Waals surface area (Å²) >= 11 is 11.9. The number of aromatic nitrogens is 2. The van der Waals surface area contributed by atoms with Gasteiger partial charge in [-0.3, -0.25) is 9.89 Å². The maximum absolute atomic E-state index is 12.2. The van der Waals surface area contributed by atoms with E-state index < -0.39 is 5.91 Å². The van der Waals surface area contributed by atoms with Crippen molar-refractivity contribution >= 4 is 35.3 Å². The number of nitrogens with one attached hydrogen (secondary N) is 2. The van der Waals surface area contributed by atoms with E-state index in [9.17, 15) is 4.79 Å². The van der Waals surface area contributed by atoms with Crippen LogP contribution in [-0.2, 0) is 0 Å². The van der Waals surface area contributed by atoms with Gasteiger partial charge in [-0.15, -0.1) is 0 Å². The summed E-state index contributed by atoms with van der Waals surface area (Å²) in [4.78, 5) is 12.2. The Balaban J connectivity index is 1.63. The zero-order valence-electron chi connectivity index (χ0n) is 14.4. The van der Waals surface area contributed by atoms with Crippen LogP contribution in [0.4, 0.5) is 0 Å². The Bertz CT molecular complexity index is 968. The molecule has 3 rings (SSSR count). The van der Waals surface area contributed by atoms with E-state index in [-0.39, 0.29) is 5.69 Å². The Morgan fingerprint density at radius 1 is 1.19 bits per heavy atom. The highest BCUT2D eigenvalue weighted by atomic mass is 35.5. The topological polar surface area (TPSA) is 79.4 Å². The summed E-state index contributed by atoms with van der Waals surface area (Å²) < 4.78 is 5.37. The Hall–Kier alpha value is -2.83. The highest BCUT2D eigenvalue weighted by Gasteiger charge is 2.11.